The molecule has 1 amide bonds. The number of nitrogens with zero attached hydrogens (tertiary/aromatic N) is 1. The molecule has 1 aliphatic rings. The normalized spacial score (nSPS) is 17.8. The first-order valence-corrected chi connectivity index (χ1v) is 9.79. The van der Waals surface area contributed by atoms with Crippen LogP contribution < -0.4 is 5.32 Å². The average Bonchev–Trinajstić information content (AvgIpc) is 3.12. The van der Waals surface area contributed by atoms with Crippen molar-refractivity contribution in [3.8, 4) is 0 Å². The Balaban J connectivity index is 1.68. The van der Waals surface area contributed by atoms with Crippen molar-refractivity contribution in [3.63, 3.8) is 0 Å². The second kappa shape index (κ2) is 8.26. The van der Waals surface area contributed by atoms with Gasteiger partial charge in [-0.1, -0.05) is 62.4 Å². The molecule has 2 unspecified atom stereocenters. The summed E-state index contributed by atoms with van der Waals surface area (Å²) in [5.74, 6) is 0.499. The summed E-state index contributed by atoms with van der Waals surface area (Å²) < 4.78 is 0. The van der Waals surface area contributed by atoms with Crippen molar-refractivity contribution in [2.45, 2.75) is 39.0 Å². The number of rotatable bonds is 6. The van der Waals surface area contributed by atoms with Crippen molar-refractivity contribution < 1.29 is 4.79 Å². The maximum atomic E-state index is 12.6. The van der Waals surface area contributed by atoms with Crippen molar-refractivity contribution in [2.24, 2.45) is 5.92 Å². The van der Waals surface area contributed by atoms with Gasteiger partial charge in [-0.15, -0.1) is 11.3 Å². The molecule has 130 valence electrons. The molecule has 0 aliphatic heterocycles. The number of benzene rings is 1. The minimum absolute atomic E-state index is 0.00816. The Kier molecular flexibility index (Phi) is 5.82. The van der Waals surface area contributed by atoms with Crippen LogP contribution in [0.25, 0.3) is 5.57 Å². The van der Waals surface area contributed by atoms with E-state index in [2.05, 4.69) is 35.5 Å². The van der Waals surface area contributed by atoms with E-state index in [1.807, 2.05) is 42.6 Å². The highest BCUT2D eigenvalue weighted by atomic mass is 32.1. The Bertz CT molecular complexity index is 776. The molecule has 3 nitrogen and oxygen atoms in total. The van der Waals surface area contributed by atoms with Gasteiger partial charge in [-0.25, -0.2) is 4.98 Å². The molecule has 1 aromatic carbocycles. The van der Waals surface area contributed by atoms with E-state index in [0.717, 1.165) is 36.1 Å². The molecule has 1 aliphatic carbocycles. The molecule has 0 saturated heterocycles. The van der Waals surface area contributed by atoms with E-state index in [0.29, 0.717) is 11.0 Å². The fourth-order valence-electron chi connectivity index (χ4n) is 3.07. The van der Waals surface area contributed by atoms with Crippen LogP contribution in [0.15, 0.2) is 53.9 Å². The molecule has 0 saturated carbocycles. The Hall–Kier alpha value is -2.20. The predicted octanol–water partition coefficient (Wildman–Crippen LogP) is 5.64. The van der Waals surface area contributed by atoms with E-state index in [-0.39, 0.29) is 11.8 Å². The van der Waals surface area contributed by atoms with E-state index in [9.17, 15) is 4.79 Å². The molecule has 0 fully saturated rings. The summed E-state index contributed by atoms with van der Waals surface area (Å²) in [5, 5.41) is 5.67. The first kappa shape index (κ1) is 17.6. The summed E-state index contributed by atoms with van der Waals surface area (Å²) in [6.45, 7) is 4.24. The molecule has 1 N–H and O–H groups in total. The summed E-state index contributed by atoms with van der Waals surface area (Å²) >= 11 is 1.48. The van der Waals surface area contributed by atoms with Crippen LogP contribution >= 0.6 is 11.3 Å². The number of carbonyl (C=O) groups excluding carboxylic acids is 1. The van der Waals surface area contributed by atoms with Gasteiger partial charge in [0.25, 0.3) is 0 Å². The summed E-state index contributed by atoms with van der Waals surface area (Å²) in [5.41, 5.74) is 3.14. The predicted molar refractivity (Wildman–Crippen MR) is 106 cm³/mol. The van der Waals surface area contributed by atoms with Gasteiger partial charge in [-0.05, 0) is 36.3 Å². The third-order valence-electron chi connectivity index (χ3n) is 4.67. The highest BCUT2D eigenvalue weighted by Gasteiger charge is 2.20. The summed E-state index contributed by atoms with van der Waals surface area (Å²) in [6.07, 6.45) is 9.64. The third kappa shape index (κ3) is 4.26. The summed E-state index contributed by atoms with van der Waals surface area (Å²) in [6, 6.07) is 9.91. The van der Waals surface area contributed by atoms with Crippen LogP contribution in [0.1, 0.15) is 50.3 Å². The van der Waals surface area contributed by atoms with Gasteiger partial charge in [-0.3, -0.25) is 4.79 Å². The van der Waals surface area contributed by atoms with Crippen LogP contribution in [0.4, 0.5) is 5.13 Å². The van der Waals surface area contributed by atoms with Gasteiger partial charge < -0.3 is 5.32 Å². The number of thiazole rings is 1. The molecule has 0 radical (unpaired) electrons. The number of carbonyl (C=O) groups is 1. The first-order chi connectivity index (χ1) is 12.2. The third-order valence-corrected chi connectivity index (χ3v) is 5.43. The number of anilines is 1. The average molecular weight is 353 g/mol. The lowest BCUT2D eigenvalue weighted by molar-refractivity contribution is -0.117. The summed E-state index contributed by atoms with van der Waals surface area (Å²) in [7, 11) is 0. The van der Waals surface area contributed by atoms with E-state index in [1.54, 1.807) is 0 Å². The molecule has 2 atom stereocenters. The first-order valence-electron chi connectivity index (χ1n) is 8.91. The van der Waals surface area contributed by atoms with Crippen molar-refractivity contribution in [3.05, 3.63) is 65.2 Å². The van der Waals surface area contributed by atoms with E-state index in [4.69, 9.17) is 0 Å². The van der Waals surface area contributed by atoms with Crippen LogP contribution in [-0.2, 0) is 4.79 Å². The largest absolute Gasteiger partial charge is 0.301 e. The SMILES string of the molecule is CCC1C=CC(c2csc(NC(=O)C(CC)c3ccccc3)n2)=CC1. The standard InChI is InChI=1S/C21H24N2OS/c1-3-15-10-12-17(13-11-15)19-14-25-21(22-19)23-20(24)18(4-2)16-8-6-5-7-9-16/h5-10,12-15,18H,3-4,11H2,1-2H3,(H,22,23,24). The second-order valence-corrected chi connectivity index (χ2v) is 7.18. The topological polar surface area (TPSA) is 42.0 Å². The molecule has 0 bridgehead atoms. The monoisotopic (exact) mass is 352 g/mol. The highest BCUT2D eigenvalue weighted by Crippen LogP contribution is 2.29. The Morgan fingerprint density at radius 1 is 1.32 bits per heavy atom. The number of allylic oxidation sites excluding steroid dienone is 4. The van der Waals surface area contributed by atoms with Crippen LogP contribution in [-0.4, -0.2) is 10.9 Å². The number of amides is 1. The van der Waals surface area contributed by atoms with Gasteiger partial charge in [0.1, 0.15) is 0 Å². The Labute approximate surface area is 153 Å². The van der Waals surface area contributed by atoms with Crippen LogP contribution in [0.2, 0.25) is 0 Å². The van der Waals surface area contributed by atoms with E-state index < -0.39 is 0 Å². The molecule has 2 aromatic rings. The Morgan fingerprint density at radius 3 is 2.76 bits per heavy atom. The van der Waals surface area contributed by atoms with E-state index in [1.165, 1.54) is 11.3 Å². The van der Waals surface area contributed by atoms with Crippen molar-refractivity contribution in [1.82, 2.24) is 4.98 Å². The van der Waals surface area contributed by atoms with E-state index >= 15 is 0 Å². The molecule has 4 heteroatoms. The molecular formula is C21H24N2OS. The lowest BCUT2D eigenvalue weighted by atomic mass is 9.94. The van der Waals surface area contributed by atoms with Gasteiger partial charge in [0.15, 0.2) is 5.13 Å². The number of hydrogen-bond donors (Lipinski definition) is 1. The zero-order valence-electron chi connectivity index (χ0n) is 14.7. The molecule has 3 rings (SSSR count). The van der Waals surface area contributed by atoms with Crippen LogP contribution in [0, 0.1) is 5.92 Å². The summed E-state index contributed by atoms with van der Waals surface area (Å²) in [4.78, 5) is 17.2. The highest BCUT2D eigenvalue weighted by molar-refractivity contribution is 7.14. The van der Waals surface area contributed by atoms with Gasteiger partial charge in [0, 0.05) is 5.38 Å². The second-order valence-electron chi connectivity index (χ2n) is 6.32. The minimum atomic E-state index is -0.146. The lowest BCUT2D eigenvalue weighted by Gasteiger charge is -2.14. The smallest absolute Gasteiger partial charge is 0.233 e. The zero-order chi connectivity index (χ0) is 17.6. The van der Waals surface area contributed by atoms with Crippen molar-refractivity contribution >= 4 is 27.9 Å². The quantitative estimate of drug-likeness (QED) is 0.730. The maximum Gasteiger partial charge on any atom is 0.233 e. The molecule has 1 aromatic heterocycles. The van der Waals surface area contributed by atoms with Gasteiger partial charge in [0.2, 0.25) is 5.91 Å². The molecule has 25 heavy (non-hydrogen) atoms. The molecular weight excluding hydrogens is 328 g/mol. The molecule has 1 heterocycles. The maximum absolute atomic E-state index is 12.6. The fourth-order valence-corrected chi connectivity index (χ4v) is 3.79. The van der Waals surface area contributed by atoms with Crippen molar-refractivity contribution in [2.75, 3.05) is 5.32 Å². The lowest BCUT2D eigenvalue weighted by Crippen LogP contribution is -2.20. The number of hydrogen-bond acceptors (Lipinski definition) is 3. The molecule has 0 spiro atoms. The number of aromatic nitrogens is 1. The fraction of sp³-hybridized carbons (Fsp3) is 0.333. The zero-order valence-corrected chi connectivity index (χ0v) is 15.6. The van der Waals surface area contributed by atoms with Gasteiger partial charge in [0.05, 0.1) is 11.6 Å². The minimum Gasteiger partial charge on any atom is -0.301 e. The Morgan fingerprint density at radius 2 is 2.12 bits per heavy atom. The van der Waals surface area contributed by atoms with Crippen LogP contribution in [0.5, 0.6) is 0 Å². The van der Waals surface area contributed by atoms with Crippen molar-refractivity contribution in [1.29, 1.82) is 0 Å². The van der Waals surface area contributed by atoms with Gasteiger partial charge in [-0.2, -0.15) is 0 Å². The number of nitrogens with one attached hydrogen (secondary N) is 1. The van der Waals surface area contributed by atoms with Gasteiger partial charge >= 0.3 is 0 Å². The van der Waals surface area contributed by atoms with Crippen LogP contribution in [0.3, 0.4) is 0 Å².